The first kappa shape index (κ1) is 20.9. The van der Waals surface area contributed by atoms with Gasteiger partial charge in [-0.1, -0.05) is 42.5 Å². The molecule has 7 nitrogen and oxygen atoms in total. The van der Waals surface area contributed by atoms with Gasteiger partial charge in [0.25, 0.3) is 11.8 Å². The Morgan fingerprint density at radius 2 is 1.62 bits per heavy atom. The van der Waals surface area contributed by atoms with Gasteiger partial charge < -0.3 is 9.47 Å². The minimum absolute atomic E-state index is 0.151. The van der Waals surface area contributed by atoms with Gasteiger partial charge in [0.15, 0.2) is 0 Å². The number of ether oxygens (including phenoxy) is 2. The van der Waals surface area contributed by atoms with Crippen molar-refractivity contribution in [3.63, 3.8) is 0 Å². The zero-order valence-corrected chi connectivity index (χ0v) is 17.3. The van der Waals surface area contributed by atoms with Crippen molar-refractivity contribution in [3.05, 3.63) is 95.6 Å². The van der Waals surface area contributed by atoms with E-state index in [1.165, 1.54) is 13.2 Å². The highest BCUT2D eigenvalue weighted by Crippen LogP contribution is 2.25. The van der Waals surface area contributed by atoms with Crippen LogP contribution in [0.5, 0.6) is 11.5 Å². The lowest BCUT2D eigenvalue weighted by Crippen LogP contribution is -2.54. The van der Waals surface area contributed by atoms with Crippen molar-refractivity contribution >= 4 is 29.6 Å². The molecular formula is C25H20N2O5. The van der Waals surface area contributed by atoms with Gasteiger partial charge in [-0.15, -0.1) is 0 Å². The number of nitrogens with one attached hydrogen (secondary N) is 1. The Kier molecular flexibility index (Phi) is 5.98. The highest BCUT2D eigenvalue weighted by Gasteiger charge is 2.36. The third-order valence-corrected chi connectivity index (χ3v) is 4.85. The molecule has 1 N–H and O–H groups in total. The molecule has 0 spiro atoms. The van der Waals surface area contributed by atoms with Crippen LogP contribution in [0.4, 0.5) is 10.5 Å². The molecule has 0 aromatic heterocycles. The van der Waals surface area contributed by atoms with Gasteiger partial charge in [0.05, 0.1) is 12.8 Å². The van der Waals surface area contributed by atoms with E-state index in [1.54, 1.807) is 48.5 Å². The van der Waals surface area contributed by atoms with E-state index in [9.17, 15) is 14.4 Å². The van der Waals surface area contributed by atoms with Gasteiger partial charge in [0.2, 0.25) is 0 Å². The van der Waals surface area contributed by atoms with Crippen LogP contribution in [0, 0.1) is 0 Å². The number of methoxy groups -OCH3 is 1. The topological polar surface area (TPSA) is 84.9 Å². The van der Waals surface area contributed by atoms with Gasteiger partial charge in [0, 0.05) is 0 Å². The molecule has 3 aromatic rings. The number of benzene rings is 3. The molecule has 4 amide bonds. The summed E-state index contributed by atoms with van der Waals surface area (Å²) in [5.41, 5.74) is 1.79. The molecule has 32 heavy (non-hydrogen) atoms. The molecular weight excluding hydrogens is 408 g/mol. The Morgan fingerprint density at radius 3 is 2.34 bits per heavy atom. The summed E-state index contributed by atoms with van der Waals surface area (Å²) in [4.78, 5) is 38.7. The number of carbonyl (C=O) groups excluding carboxylic acids is 3. The number of rotatable bonds is 6. The monoisotopic (exact) mass is 428 g/mol. The predicted molar refractivity (Wildman–Crippen MR) is 119 cm³/mol. The third-order valence-electron chi connectivity index (χ3n) is 4.85. The first-order chi connectivity index (χ1) is 15.5. The number of hydrogen-bond donors (Lipinski definition) is 1. The van der Waals surface area contributed by atoms with Gasteiger partial charge >= 0.3 is 6.03 Å². The Morgan fingerprint density at radius 1 is 0.875 bits per heavy atom. The molecule has 1 fully saturated rings. The third kappa shape index (κ3) is 4.52. The zero-order valence-electron chi connectivity index (χ0n) is 17.3. The standard InChI is InChI=1S/C25H20N2O5/c1-31-21-9-5-8-18(14-21)15-22-23(28)26-25(30)27(24(22)29)19-10-12-20(13-11-19)32-16-17-6-3-2-4-7-17/h2-15H,16H2,1H3,(H,26,28,30)/b22-15+. The van der Waals surface area contributed by atoms with Crippen LogP contribution in [0.3, 0.4) is 0 Å². The molecule has 0 saturated carbocycles. The van der Waals surface area contributed by atoms with Crippen molar-refractivity contribution in [2.75, 3.05) is 12.0 Å². The van der Waals surface area contributed by atoms with E-state index in [0.29, 0.717) is 29.4 Å². The van der Waals surface area contributed by atoms with Gasteiger partial charge in [-0.2, -0.15) is 0 Å². The summed E-state index contributed by atoms with van der Waals surface area (Å²) in [5, 5.41) is 2.21. The van der Waals surface area contributed by atoms with Crippen molar-refractivity contribution in [3.8, 4) is 11.5 Å². The van der Waals surface area contributed by atoms with E-state index >= 15 is 0 Å². The molecule has 160 valence electrons. The van der Waals surface area contributed by atoms with Crippen LogP contribution >= 0.6 is 0 Å². The van der Waals surface area contributed by atoms with E-state index in [1.807, 2.05) is 30.3 Å². The van der Waals surface area contributed by atoms with Crippen molar-refractivity contribution in [1.29, 1.82) is 0 Å². The second-order valence-electron chi connectivity index (χ2n) is 7.00. The maximum absolute atomic E-state index is 13.0. The van der Waals surface area contributed by atoms with Gasteiger partial charge in [0.1, 0.15) is 23.7 Å². The Labute approximate surface area is 184 Å². The Balaban J connectivity index is 1.54. The molecule has 1 aliphatic heterocycles. The summed E-state index contributed by atoms with van der Waals surface area (Å²) >= 11 is 0. The number of urea groups is 1. The van der Waals surface area contributed by atoms with E-state index in [4.69, 9.17) is 9.47 Å². The summed E-state index contributed by atoms with van der Waals surface area (Å²) in [6.07, 6.45) is 1.43. The lowest BCUT2D eigenvalue weighted by atomic mass is 10.1. The second-order valence-corrected chi connectivity index (χ2v) is 7.00. The fourth-order valence-corrected chi connectivity index (χ4v) is 3.22. The summed E-state index contributed by atoms with van der Waals surface area (Å²) in [7, 11) is 1.53. The van der Waals surface area contributed by atoms with Crippen LogP contribution in [0.2, 0.25) is 0 Å². The molecule has 0 bridgehead atoms. The number of hydrogen-bond acceptors (Lipinski definition) is 5. The molecule has 0 unspecified atom stereocenters. The first-order valence-electron chi connectivity index (χ1n) is 9.87. The number of amides is 4. The van der Waals surface area contributed by atoms with Crippen LogP contribution in [0.15, 0.2) is 84.4 Å². The Bertz CT molecular complexity index is 1190. The van der Waals surface area contributed by atoms with Gasteiger partial charge in [-0.25, -0.2) is 9.69 Å². The fraction of sp³-hybridized carbons (Fsp3) is 0.0800. The van der Waals surface area contributed by atoms with Crippen LogP contribution in [0.1, 0.15) is 11.1 Å². The van der Waals surface area contributed by atoms with Crippen LogP contribution in [0.25, 0.3) is 6.08 Å². The highest BCUT2D eigenvalue weighted by molar-refractivity contribution is 6.39. The van der Waals surface area contributed by atoms with E-state index in [2.05, 4.69) is 5.32 Å². The first-order valence-corrected chi connectivity index (χ1v) is 9.87. The molecule has 0 radical (unpaired) electrons. The van der Waals surface area contributed by atoms with Crippen molar-refractivity contribution < 1.29 is 23.9 Å². The largest absolute Gasteiger partial charge is 0.497 e. The Hall–Kier alpha value is -4.39. The molecule has 4 rings (SSSR count). The van der Waals surface area contributed by atoms with E-state index in [-0.39, 0.29) is 5.57 Å². The summed E-state index contributed by atoms with van der Waals surface area (Å²) in [5.74, 6) is -0.283. The smallest absolute Gasteiger partial charge is 0.335 e. The lowest BCUT2D eigenvalue weighted by Gasteiger charge is -2.26. The minimum atomic E-state index is -0.805. The highest BCUT2D eigenvalue weighted by atomic mass is 16.5. The van der Waals surface area contributed by atoms with E-state index < -0.39 is 17.8 Å². The second kappa shape index (κ2) is 9.18. The van der Waals surface area contributed by atoms with Crippen LogP contribution in [-0.2, 0) is 16.2 Å². The number of barbiturate groups is 1. The average molecular weight is 428 g/mol. The van der Waals surface area contributed by atoms with Crippen molar-refractivity contribution in [2.45, 2.75) is 6.61 Å². The maximum Gasteiger partial charge on any atom is 0.335 e. The molecule has 0 atom stereocenters. The minimum Gasteiger partial charge on any atom is -0.497 e. The van der Waals surface area contributed by atoms with E-state index in [0.717, 1.165) is 10.5 Å². The normalized spacial score (nSPS) is 15.0. The van der Waals surface area contributed by atoms with Gasteiger partial charge in [-0.05, 0) is 53.6 Å². The summed E-state index contributed by atoms with van der Waals surface area (Å²) in [6.45, 7) is 0.394. The van der Waals surface area contributed by atoms with Crippen LogP contribution < -0.4 is 19.7 Å². The number of anilines is 1. The molecule has 1 saturated heterocycles. The lowest BCUT2D eigenvalue weighted by molar-refractivity contribution is -0.122. The summed E-state index contributed by atoms with van der Waals surface area (Å²) in [6, 6.07) is 22.3. The van der Waals surface area contributed by atoms with Crippen molar-refractivity contribution in [2.24, 2.45) is 0 Å². The average Bonchev–Trinajstić information content (AvgIpc) is 2.82. The quantitative estimate of drug-likeness (QED) is 0.475. The number of imide groups is 2. The summed E-state index contributed by atoms with van der Waals surface area (Å²) < 4.78 is 10.9. The van der Waals surface area contributed by atoms with Gasteiger partial charge in [-0.3, -0.25) is 14.9 Å². The fourth-order valence-electron chi connectivity index (χ4n) is 3.22. The molecule has 1 heterocycles. The number of carbonyl (C=O) groups is 3. The molecule has 3 aromatic carbocycles. The SMILES string of the molecule is COc1cccc(/C=C2\C(=O)NC(=O)N(c3ccc(OCc4ccccc4)cc3)C2=O)c1. The van der Waals surface area contributed by atoms with Crippen molar-refractivity contribution in [1.82, 2.24) is 5.32 Å². The molecule has 0 aliphatic carbocycles. The predicted octanol–water partition coefficient (Wildman–Crippen LogP) is 3.94. The molecule has 7 heteroatoms. The maximum atomic E-state index is 13.0. The number of nitrogens with zero attached hydrogens (tertiary/aromatic N) is 1. The van der Waals surface area contributed by atoms with Crippen LogP contribution in [-0.4, -0.2) is 25.0 Å². The molecule has 1 aliphatic rings. The zero-order chi connectivity index (χ0) is 22.5.